The lowest BCUT2D eigenvalue weighted by molar-refractivity contribution is -0.0352. The molecule has 1 aliphatic heterocycles. The molecule has 1 unspecified atom stereocenters. The summed E-state index contributed by atoms with van der Waals surface area (Å²) >= 11 is 0. The molecule has 0 spiro atoms. The second-order valence-corrected chi connectivity index (χ2v) is 8.90. The molecule has 2 aromatic carbocycles. The number of ether oxygens (including phenoxy) is 4. The molecule has 4 rings (SSSR count). The first-order valence-corrected chi connectivity index (χ1v) is 12.0. The van der Waals surface area contributed by atoms with Crippen molar-refractivity contribution in [3.05, 3.63) is 59.7 Å². The van der Waals surface area contributed by atoms with Gasteiger partial charge in [-0.3, -0.25) is 4.90 Å². The van der Waals surface area contributed by atoms with Crippen molar-refractivity contribution >= 4 is 0 Å². The summed E-state index contributed by atoms with van der Waals surface area (Å²) in [6.07, 6.45) is 7.58. The fraction of sp³-hybridized carbons (Fsp3) is 0.556. The van der Waals surface area contributed by atoms with Crippen molar-refractivity contribution in [2.75, 3.05) is 33.9 Å². The third-order valence-corrected chi connectivity index (χ3v) is 6.81. The number of benzene rings is 2. The van der Waals surface area contributed by atoms with E-state index in [4.69, 9.17) is 18.9 Å². The number of rotatable bonds is 10. The first-order valence-electron chi connectivity index (χ1n) is 12.0. The second kappa shape index (κ2) is 11.7. The Kier molecular flexibility index (Phi) is 8.43. The zero-order valence-corrected chi connectivity index (χ0v) is 19.5. The predicted molar refractivity (Wildman–Crippen MR) is 126 cm³/mol. The van der Waals surface area contributed by atoms with Crippen LogP contribution >= 0.6 is 0 Å². The van der Waals surface area contributed by atoms with Gasteiger partial charge in [-0.1, -0.05) is 49.2 Å². The standard InChI is InChI=1S/C27H37NO4/c1-29-26-13-12-21(18-27(26)30-2)15-17-31-25-11-7-6-10-24(25)28-16-14-23(19-28)32-20-22-8-4-3-5-9-22/h3-5,8-9,12-13,18,23-25H,6-7,10-11,14-17,19-20H2,1-2H3/t23-,24?,25+/m1/s1/i1+1,2+1. The largest absolute Gasteiger partial charge is 0.493 e. The molecule has 0 bridgehead atoms. The van der Waals surface area contributed by atoms with Gasteiger partial charge in [-0.15, -0.1) is 0 Å². The maximum Gasteiger partial charge on any atom is 0.160 e. The Bertz CT molecular complexity index is 828. The summed E-state index contributed by atoms with van der Waals surface area (Å²) in [7, 11) is 3.34. The van der Waals surface area contributed by atoms with Gasteiger partial charge in [0.1, 0.15) is 0 Å². The minimum absolute atomic E-state index is 0.316. The number of nitrogens with zero attached hydrogens (tertiary/aromatic N) is 1. The Morgan fingerprint density at radius 3 is 2.47 bits per heavy atom. The van der Waals surface area contributed by atoms with E-state index in [-0.39, 0.29) is 0 Å². The molecule has 2 aromatic rings. The molecule has 1 saturated heterocycles. The monoisotopic (exact) mass is 441 g/mol. The van der Waals surface area contributed by atoms with Gasteiger partial charge in [-0.2, -0.15) is 0 Å². The highest BCUT2D eigenvalue weighted by Crippen LogP contribution is 2.30. The van der Waals surface area contributed by atoms with Gasteiger partial charge >= 0.3 is 0 Å². The summed E-state index contributed by atoms with van der Waals surface area (Å²) in [5.74, 6) is 1.54. The molecule has 3 atom stereocenters. The van der Waals surface area contributed by atoms with Gasteiger partial charge in [0.15, 0.2) is 11.5 Å². The molecule has 0 amide bonds. The van der Waals surface area contributed by atoms with Crippen molar-refractivity contribution in [2.45, 2.75) is 63.4 Å². The highest BCUT2D eigenvalue weighted by molar-refractivity contribution is 5.42. The van der Waals surface area contributed by atoms with Crippen LogP contribution in [0.15, 0.2) is 48.5 Å². The Hall–Kier alpha value is -2.08. The Morgan fingerprint density at radius 1 is 0.844 bits per heavy atom. The van der Waals surface area contributed by atoms with E-state index in [0.717, 1.165) is 50.5 Å². The molecule has 0 aromatic heterocycles. The van der Waals surface area contributed by atoms with Crippen LogP contribution in [0.1, 0.15) is 43.2 Å². The van der Waals surface area contributed by atoms with Crippen LogP contribution in [0.3, 0.4) is 0 Å². The fourth-order valence-electron chi connectivity index (χ4n) is 5.03. The second-order valence-electron chi connectivity index (χ2n) is 8.90. The van der Waals surface area contributed by atoms with Gasteiger partial charge in [0, 0.05) is 19.1 Å². The molecule has 0 N–H and O–H groups in total. The highest BCUT2D eigenvalue weighted by atomic mass is 16.6. The molecule has 174 valence electrons. The van der Waals surface area contributed by atoms with Crippen LogP contribution < -0.4 is 9.47 Å². The van der Waals surface area contributed by atoms with Gasteiger partial charge in [0.2, 0.25) is 0 Å². The van der Waals surface area contributed by atoms with E-state index in [2.05, 4.69) is 47.4 Å². The van der Waals surface area contributed by atoms with E-state index in [1.165, 1.54) is 30.4 Å². The van der Waals surface area contributed by atoms with Crippen molar-refractivity contribution in [3.63, 3.8) is 0 Å². The summed E-state index contributed by atoms with van der Waals surface area (Å²) in [5.41, 5.74) is 2.46. The van der Waals surface area contributed by atoms with Crippen molar-refractivity contribution in [1.29, 1.82) is 0 Å². The van der Waals surface area contributed by atoms with Gasteiger partial charge in [0.05, 0.1) is 39.6 Å². The normalized spacial score (nSPS) is 23.9. The SMILES string of the molecule is [13CH3]Oc1ccc(CCO[C@H]2CCCCC2N2CC[C@@H](OCc3ccccc3)C2)cc1O[13CH3]. The maximum atomic E-state index is 6.45. The minimum Gasteiger partial charge on any atom is -0.493 e. The zero-order valence-electron chi connectivity index (χ0n) is 19.5. The van der Waals surface area contributed by atoms with Gasteiger partial charge in [0.25, 0.3) is 0 Å². The Labute approximate surface area is 192 Å². The van der Waals surface area contributed by atoms with Crippen LogP contribution in [0.5, 0.6) is 11.5 Å². The van der Waals surface area contributed by atoms with Crippen molar-refractivity contribution in [2.24, 2.45) is 0 Å². The molecule has 32 heavy (non-hydrogen) atoms. The predicted octanol–water partition coefficient (Wildman–Crippen LogP) is 4.87. The van der Waals surface area contributed by atoms with Gasteiger partial charge in [-0.05, 0) is 48.9 Å². The van der Waals surface area contributed by atoms with Crippen molar-refractivity contribution in [3.8, 4) is 11.5 Å². The average Bonchev–Trinajstić information content (AvgIpc) is 3.32. The van der Waals surface area contributed by atoms with Crippen LogP contribution in [0.4, 0.5) is 0 Å². The molecule has 5 heteroatoms. The first kappa shape index (κ1) is 23.1. The Balaban J connectivity index is 1.26. The van der Waals surface area contributed by atoms with Crippen LogP contribution in [0.2, 0.25) is 0 Å². The van der Waals surface area contributed by atoms with E-state index in [0.29, 0.717) is 24.9 Å². The lowest BCUT2D eigenvalue weighted by Crippen LogP contribution is -2.46. The van der Waals surface area contributed by atoms with E-state index in [1.807, 2.05) is 6.07 Å². The molecule has 2 aliphatic rings. The topological polar surface area (TPSA) is 40.2 Å². The third-order valence-electron chi connectivity index (χ3n) is 6.81. The maximum absolute atomic E-state index is 6.45. The molecule has 0 radical (unpaired) electrons. The molecular formula is C27H37NO4. The molecule has 1 aliphatic carbocycles. The summed E-state index contributed by atoms with van der Waals surface area (Å²) in [6, 6.07) is 17.1. The smallest absolute Gasteiger partial charge is 0.160 e. The van der Waals surface area contributed by atoms with Crippen LogP contribution in [0, 0.1) is 0 Å². The number of likely N-dealkylation sites (tertiary alicyclic amines) is 1. The fourth-order valence-corrected chi connectivity index (χ4v) is 5.03. The lowest BCUT2D eigenvalue weighted by Gasteiger charge is -2.37. The first-order chi connectivity index (χ1) is 15.8. The molecule has 1 saturated carbocycles. The van der Waals surface area contributed by atoms with E-state index >= 15 is 0 Å². The van der Waals surface area contributed by atoms with Gasteiger partial charge < -0.3 is 18.9 Å². The van der Waals surface area contributed by atoms with E-state index < -0.39 is 0 Å². The molecular weight excluding hydrogens is 404 g/mol. The zero-order chi connectivity index (χ0) is 22.2. The highest BCUT2D eigenvalue weighted by Gasteiger charge is 2.35. The summed E-state index contributed by atoms with van der Waals surface area (Å²) in [4.78, 5) is 2.62. The van der Waals surface area contributed by atoms with Crippen LogP contribution in [0.25, 0.3) is 0 Å². The molecule has 5 nitrogen and oxygen atoms in total. The van der Waals surface area contributed by atoms with E-state index in [1.54, 1.807) is 14.2 Å². The van der Waals surface area contributed by atoms with Crippen LogP contribution in [-0.2, 0) is 22.5 Å². The average molecular weight is 442 g/mol. The quantitative estimate of drug-likeness (QED) is 0.492. The summed E-state index contributed by atoms with van der Waals surface area (Å²) in [6.45, 7) is 3.57. The molecule has 2 fully saturated rings. The lowest BCUT2D eigenvalue weighted by atomic mass is 9.91. The summed E-state index contributed by atoms with van der Waals surface area (Å²) < 4.78 is 23.4. The molecule has 1 heterocycles. The third kappa shape index (κ3) is 6.03. The summed E-state index contributed by atoms with van der Waals surface area (Å²) in [5, 5.41) is 0. The van der Waals surface area contributed by atoms with Crippen molar-refractivity contribution < 1.29 is 18.9 Å². The van der Waals surface area contributed by atoms with Crippen molar-refractivity contribution in [1.82, 2.24) is 4.90 Å². The number of hydrogen-bond acceptors (Lipinski definition) is 5. The van der Waals surface area contributed by atoms with Crippen LogP contribution in [-0.4, -0.2) is 57.1 Å². The van der Waals surface area contributed by atoms with E-state index in [9.17, 15) is 0 Å². The number of hydrogen-bond donors (Lipinski definition) is 0. The number of methoxy groups -OCH3 is 2. The Morgan fingerprint density at radius 2 is 1.66 bits per heavy atom. The van der Waals surface area contributed by atoms with Gasteiger partial charge in [-0.25, -0.2) is 0 Å². The minimum atomic E-state index is 0.316.